The number of ketones is 1. The zero-order chi connectivity index (χ0) is 13.1. The molecule has 0 unspecified atom stereocenters. The van der Waals surface area contributed by atoms with Gasteiger partial charge in [-0.15, -0.1) is 11.3 Å². The lowest BCUT2D eigenvalue weighted by atomic mass is 10.0. The average Bonchev–Trinajstić information content (AvgIpc) is 2.74. The number of aryl methyl sites for hydroxylation is 1. The molecule has 0 aliphatic rings. The van der Waals surface area contributed by atoms with E-state index >= 15 is 0 Å². The van der Waals surface area contributed by atoms with E-state index < -0.39 is 0 Å². The van der Waals surface area contributed by atoms with Crippen LogP contribution in [-0.2, 0) is 6.42 Å². The van der Waals surface area contributed by atoms with Gasteiger partial charge in [0.25, 0.3) is 0 Å². The van der Waals surface area contributed by atoms with Crippen LogP contribution in [0.2, 0.25) is 0 Å². The Labute approximate surface area is 119 Å². The molecule has 0 saturated carbocycles. The Balaban J connectivity index is 2.26. The van der Waals surface area contributed by atoms with Crippen LogP contribution in [0.4, 0.5) is 0 Å². The summed E-state index contributed by atoms with van der Waals surface area (Å²) < 4.78 is 6.26. The van der Waals surface area contributed by atoms with Crippen molar-refractivity contribution in [3.8, 4) is 5.75 Å². The number of hydrogen-bond donors (Lipinski definition) is 0. The molecule has 0 aliphatic heterocycles. The first-order chi connectivity index (χ1) is 8.61. The van der Waals surface area contributed by atoms with Crippen molar-refractivity contribution in [2.45, 2.75) is 13.3 Å². The molecule has 94 valence electrons. The van der Waals surface area contributed by atoms with Gasteiger partial charge in [-0.05, 0) is 52.0 Å². The summed E-state index contributed by atoms with van der Waals surface area (Å²) in [5.74, 6) is 0.725. The molecule has 18 heavy (non-hydrogen) atoms. The fraction of sp³-hybridized carbons (Fsp3) is 0.214. The summed E-state index contributed by atoms with van der Waals surface area (Å²) in [6, 6.07) is 7.60. The van der Waals surface area contributed by atoms with Crippen LogP contribution < -0.4 is 4.74 Å². The third-order valence-electron chi connectivity index (χ3n) is 2.67. The Bertz CT molecular complexity index is 575. The van der Waals surface area contributed by atoms with Crippen LogP contribution >= 0.6 is 27.3 Å². The van der Waals surface area contributed by atoms with Gasteiger partial charge in [0.15, 0.2) is 5.78 Å². The molecule has 0 radical (unpaired) electrons. The van der Waals surface area contributed by atoms with Crippen LogP contribution in [0.5, 0.6) is 5.75 Å². The Morgan fingerprint density at radius 1 is 1.39 bits per heavy atom. The summed E-state index contributed by atoms with van der Waals surface area (Å²) in [6.45, 7) is 1.98. The van der Waals surface area contributed by atoms with Crippen LogP contribution in [0.25, 0.3) is 0 Å². The summed E-state index contributed by atoms with van der Waals surface area (Å²) in [5.41, 5.74) is 1.73. The molecule has 1 aromatic heterocycles. The Morgan fingerprint density at radius 3 is 2.78 bits per heavy atom. The number of methoxy groups -OCH3 is 1. The van der Waals surface area contributed by atoms with Gasteiger partial charge in [0.1, 0.15) is 5.75 Å². The third-order valence-corrected chi connectivity index (χ3v) is 4.60. The Hall–Kier alpha value is -1.13. The third kappa shape index (κ3) is 2.82. The number of carbonyl (C=O) groups is 1. The molecule has 2 nitrogen and oxygen atoms in total. The van der Waals surface area contributed by atoms with Gasteiger partial charge in [-0.3, -0.25) is 4.79 Å². The normalized spacial score (nSPS) is 10.4. The summed E-state index contributed by atoms with van der Waals surface area (Å²) in [5, 5.41) is 1.97. The fourth-order valence-electron chi connectivity index (χ4n) is 1.72. The van der Waals surface area contributed by atoms with Crippen molar-refractivity contribution in [2.24, 2.45) is 0 Å². The second-order valence-corrected chi connectivity index (χ2v) is 5.85. The van der Waals surface area contributed by atoms with Gasteiger partial charge >= 0.3 is 0 Å². The van der Waals surface area contributed by atoms with Crippen molar-refractivity contribution in [3.05, 3.63) is 50.1 Å². The monoisotopic (exact) mass is 324 g/mol. The molecule has 4 heteroatoms. The number of benzene rings is 1. The topological polar surface area (TPSA) is 26.3 Å². The van der Waals surface area contributed by atoms with E-state index in [2.05, 4.69) is 15.9 Å². The maximum Gasteiger partial charge on any atom is 0.171 e. The van der Waals surface area contributed by atoms with Gasteiger partial charge < -0.3 is 4.74 Å². The van der Waals surface area contributed by atoms with Crippen molar-refractivity contribution in [1.82, 2.24) is 0 Å². The first-order valence-electron chi connectivity index (χ1n) is 5.51. The zero-order valence-corrected chi connectivity index (χ0v) is 12.6. The summed E-state index contributed by atoms with van der Waals surface area (Å²) in [4.78, 5) is 13.3. The predicted octanol–water partition coefficient (Wildman–Crippen LogP) is 4.25. The highest BCUT2D eigenvalue weighted by Crippen LogP contribution is 2.27. The average molecular weight is 325 g/mol. The molecular weight excluding hydrogens is 312 g/mol. The van der Waals surface area contributed by atoms with Crippen LogP contribution in [0.3, 0.4) is 0 Å². The van der Waals surface area contributed by atoms with Crippen molar-refractivity contribution in [1.29, 1.82) is 0 Å². The van der Waals surface area contributed by atoms with Crippen LogP contribution in [0.15, 0.2) is 34.1 Å². The number of carbonyl (C=O) groups excluding carboxylic acids is 1. The maximum absolute atomic E-state index is 12.3. The van der Waals surface area contributed by atoms with Gasteiger partial charge in [-0.1, -0.05) is 6.07 Å². The molecule has 0 spiro atoms. The second-order valence-electron chi connectivity index (χ2n) is 4.00. The van der Waals surface area contributed by atoms with Crippen LogP contribution in [0, 0.1) is 6.92 Å². The highest BCUT2D eigenvalue weighted by molar-refractivity contribution is 9.10. The summed E-state index contributed by atoms with van der Waals surface area (Å²) in [6.07, 6.45) is 0.400. The highest BCUT2D eigenvalue weighted by atomic mass is 79.9. The standard InChI is InChI=1S/C14H13BrO2S/c1-9-3-4-10(13(7-9)17-2)12(16)8-14-11(15)5-6-18-14/h3-7H,8H2,1-2H3. The lowest BCUT2D eigenvalue weighted by molar-refractivity contribution is 0.0990. The number of Topliss-reactive ketones (excluding diaryl/α,β-unsaturated/α-hetero) is 1. The van der Waals surface area contributed by atoms with Gasteiger partial charge in [0, 0.05) is 15.8 Å². The van der Waals surface area contributed by atoms with Crippen molar-refractivity contribution >= 4 is 33.0 Å². The molecule has 1 aromatic carbocycles. The van der Waals surface area contributed by atoms with E-state index in [1.54, 1.807) is 18.4 Å². The first kappa shape index (κ1) is 13.3. The van der Waals surface area contributed by atoms with E-state index in [1.165, 1.54) is 0 Å². The van der Waals surface area contributed by atoms with Crippen molar-refractivity contribution in [2.75, 3.05) is 7.11 Å². The molecule has 2 aromatic rings. The molecule has 0 N–H and O–H groups in total. The molecule has 2 rings (SSSR count). The minimum atomic E-state index is 0.0787. The molecule has 0 aliphatic carbocycles. The van der Waals surface area contributed by atoms with Crippen molar-refractivity contribution < 1.29 is 9.53 Å². The molecule has 0 saturated heterocycles. The Kier molecular flexibility index (Phi) is 4.19. The Morgan fingerprint density at radius 2 is 2.17 bits per heavy atom. The highest BCUT2D eigenvalue weighted by Gasteiger charge is 2.14. The second kappa shape index (κ2) is 5.67. The predicted molar refractivity (Wildman–Crippen MR) is 77.8 cm³/mol. The number of rotatable bonds is 4. The van der Waals surface area contributed by atoms with E-state index in [4.69, 9.17) is 4.74 Å². The van der Waals surface area contributed by atoms with Crippen LogP contribution in [-0.4, -0.2) is 12.9 Å². The fourth-order valence-corrected chi connectivity index (χ4v) is 3.21. The van der Waals surface area contributed by atoms with E-state index in [-0.39, 0.29) is 5.78 Å². The summed E-state index contributed by atoms with van der Waals surface area (Å²) in [7, 11) is 1.59. The quantitative estimate of drug-likeness (QED) is 0.786. The van der Waals surface area contributed by atoms with E-state index in [1.807, 2.05) is 36.6 Å². The van der Waals surface area contributed by atoms with Crippen molar-refractivity contribution in [3.63, 3.8) is 0 Å². The molecule has 0 amide bonds. The zero-order valence-electron chi connectivity index (χ0n) is 10.2. The van der Waals surface area contributed by atoms with E-state index in [0.29, 0.717) is 17.7 Å². The SMILES string of the molecule is COc1cc(C)ccc1C(=O)Cc1sccc1Br. The van der Waals surface area contributed by atoms with Gasteiger partial charge in [0.2, 0.25) is 0 Å². The van der Waals surface area contributed by atoms with E-state index in [0.717, 1.165) is 14.9 Å². The number of ether oxygens (including phenoxy) is 1. The lowest BCUT2D eigenvalue weighted by Crippen LogP contribution is -2.05. The minimum absolute atomic E-state index is 0.0787. The molecule has 0 atom stereocenters. The molecule has 0 fully saturated rings. The molecular formula is C14H13BrO2S. The maximum atomic E-state index is 12.3. The number of thiophene rings is 1. The molecule has 0 bridgehead atoms. The minimum Gasteiger partial charge on any atom is -0.496 e. The first-order valence-corrected chi connectivity index (χ1v) is 7.19. The largest absolute Gasteiger partial charge is 0.496 e. The van der Waals surface area contributed by atoms with Gasteiger partial charge in [0.05, 0.1) is 12.7 Å². The lowest BCUT2D eigenvalue weighted by Gasteiger charge is -2.08. The smallest absolute Gasteiger partial charge is 0.171 e. The van der Waals surface area contributed by atoms with Crippen LogP contribution in [0.1, 0.15) is 20.8 Å². The van der Waals surface area contributed by atoms with Gasteiger partial charge in [-0.25, -0.2) is 0 Å². The van der Waals surface area contributed by atoms with Gasteiger partial charge in [-0.2, -0.15) is 0 Å². The summed E-state index contributed by atoms with van der Waals surface area (Å²) >= 11 is 5.02. The number of hydrogen-bond acceptors (Lipinski definition) is 3. The van der Waals surface area contributed by atoms with E-state index in [9.17, 15) is 4.79 Å². The molecule has 1 heterocycles. The number of halogens is 1.